The van der Waals surface area contributed by atoms with Crippen LogP contribution in [0.15, 0.2) is 30.3 Å². The van der Waals surface area contributed by atoms with Crippen LogP contribution < -0.4 is 10.6 Å². The fourth-order valence-electron chi connectivity index (χ4n) is 1.50. The maximum Gasteiger partial charge on any atom is 0.246 e. The van der Waals surface area contributed by atoms with E-state index in [2.05, 4.69) is 15.0 Å². The highest BCUT2D eigenvalue weighted by Crippen LogP contribution is 2.28. The van der Waals surface area contributed by atoms with Crippen LogP contribution in [-0.2, 0) is 4.79 Å². The zero-order chi connectivity index (χ0) is 14.5. The summed E-state index contributed by atoms with van der Waals surface area (Å²) >= 11 is 6.83. The third-order valence-corrected chi connectivity index (χ3v) is 3.70. The Hall–Kier alpha value is -2.10. The Morgan fingerprint density at radius 2 is 2.15 bits per heavy atom. The number of nitrogens with zero attached hydrogens (tertiary/aromatic N) is 2. The largest absolute Gasteiger partial charge is 0.363 e. The first-order chi connectivity index (χ1) is 9.61. The van der Waals surface area contributed by atoms with Gasteiger partial charge < -0.3 is 10.6 Å². The summed E-state index contributed by atoms with van der Waals surface area (Å²) in [5.41, 5.74) is 0.977. The summed E-state index contributed by atoms with van der Waals surface area (Å²) < 4.78 is 3.87. The van der Waals surface area contributed by atoms with Crippen LogP contribution in [-0.4, -0.2) is 16.3 Å². The second kappa shape index (κ2) is 6.37. The van der Waals surface area contributed by atoms with Crippen molar-refractivity contribution in [3.63, 3.8) is 0 Å². The highest BCUT2D eigenvalue weighted by Gasteiger charge is 2.18. The summed E-state index contributed by atoms with van der Waals surface area (Å²) in [6, 6.07) is 10.6. The molecule has 102 valence electrons. The number of carbonyl (C=O) groups is 1. The fourth-order valence-corrected chi connectivity index (χ4v) is 2.52. The molecule has 20 heavy (non-hydrogen) atoms. The predicted molar refractivity (Wildman–Crippen MR) is 80.0 cm³/mol. The number of amides is 1. The molecular weight excluding hydrogens is 296 g/mol. The molecule has 0 spiro atoms. The van der Waals surface area contributed by atoms with E-state index in [1.165, 1.54) is 0 Å². The first-order valence-corrected chi connectivity index (χ1v) is 6.94. The van der Waals surface area contributed by atoms with E-state index in [9.17, 15) is 4.79 Å². The Labute approximate surface area is 125 Å². The molecule has 0 aliphatic heterocycles. The van der Waals surface area contributed by atoms with Gasteiger partial charge in [0.25, 0.3) is 0 Å². The number of hydrogen-bond acceptors (Lipinski definition) is 5. The average molecular weight is 307 g/mol. The Bertz CT molecular complexity index is 650. The van der Waals surface area contributed by atoms with Crippen LogP contribution in [0, 0.1) is 11.3 Å². The zero-order valence-corrected chi connectivity index (χ0v) is 12.1. The Morgan fingerprint density at radius 1 is 1.45 bits per heavy atom. The average Bonchev–Trinajstić information content (AvgIpc) is 2.80. The van der Waals surface area contributed by atoms with E-state index >= 15 is 0 Å². The normalized spacial score (nSPS) is 11.4. The van der Waals surface area contributed by atoms with E-state index in [0.717, 1.165) is 11.5 Å². The maximum absolute atomic E-state index is 12.0. The van der Waals surface area contributed by atoms with Gasteiger partial charge in [0.1, 0.15) is 22.7 Å². The smallest absolute Gasteiger partial charge is 0.246 e. The van der Waals surface area contributed by atoms with Gasteiger partial charge in [-0.2, -0.15) is 9.64 Å². The number of hydrogen-bond donors (Lipinski definition) is 2. The van der Waals surface area contributed by atoms with Crippen LogP contribution >= 0.6 is 23.1 Å². The van der Waals surface area contributed by atoms with Gasteiger partial charge in [0.05, 0.1) is 0 Å². The summed E-state index contributed by atoms with van der Waals surface area (Å²) in [4.78, 5) is 12.0. The number of carbonyl (C=O) groups excluding carboxylic acids is 1. The molecule has 1 atom stereocenters. The standard InChI is InChI=1S/C13H11ClN4OS/c1-8(12(19)17-9-5-3-2-4-6-9)16-13-10(7-15)11(14)18-20-13/h2-6,8,16H,1H3,(H,17,19)/t8-/m1/s1. The molecule has 2 aromatic rings. The molecule has 0 unspecified atom stereocenters. The third kappa shape index (κ3) is 3.26. The van der Waals surface area contributed by atoms with Crippen LogP contribution in [0.3, 0.4) is 0 Å². The van der Waals surface area contributed by atoms with Crippen LogP contribution in [0.2, 0.25) is 5.15 Å². The van der Waals surface area contributed by atoms with Crippen molar-refractivity contribution in [2.24, 2.45) is 0 Å². The van der Waals surface area contributed by atoms with Crippen molar-refractivity contribution in [3.05, 3.63) is 41.0 Å². The lowest BCUT2D eigenvalue weighted by Gasteiger charge is -2.13. The van der Waals surface area contributed by atoms with Crippen LogP contribution in [0.25, 0.3) is 0 Å². The maximum atomic E-state index is 12.0. The van der Waals surface area contributed by atoms with Gasteiger partial charge in [-0.1, -0.05) is 29.8 Å². The van der Waals surface area contributed by atoms with Crippen molar-refractivity contribution < 1.29 is 4.79 Å². The van der Waals surface area contributed by atoms with Crippen molar-refractivity contribution >= 4 is 39.7 Å². The molecule has 5 nitrogen and oxygen atoms in total. The molecule has 0 radical (unpaired) electrons. The fraction of sp³-hybridized carbons (Fsp3) is 0.154. The topological polar surface area (TPSA) is 77.8 Å². The third-order valence-electron chi connectivity index (χ3n) is 2.54. The molecular formula is C13H11ClN4OS. The number of aromatic nitrogens is 1. The molecule has 0 aliphatic rings. The quantitative estimate of drug-likeness (QED) is 0.910. The molecule has 1 amide bonds. The molecule has 2 N–H and O–H groups in total. The van der Waals surface area contributed by atoms with Crippen molar-refractivity contribution in [2.75, 3.05) is 10.6 Å². The van der Waals surface area contributed by atoms with Crippen LogP contribution in [0.1, 0.15) is 12.5 Å². The molecule has 2 rings (SSSR count). The minimum Gasteiger partial charge on any atom is -0.363 e. The second-order valence-electron chi connectivity index (χ2n) is 4.01. The Kier molecular flexibility index (Phi) is 4.56. The minimum absolute atomic E-state index is 0.149. The Balaban J connectivity index is 2.03. The van der Waals surface area contributed by atoms with Crippen molar-refractivity contribution in [3.8, 4) is 6.07 Å². The number of nitrogens with one attached hydrogen (secondary N) is 2. The van der Waals surface area contributed by atoms with Gasteiger partial charge in [-0.15, -0.1) is 0 Å². The van der Waals surface area contributed by atoms with E-state index < -0.39 is 6.04 Å². The monoisotopic (exact) mass is 306 g/mol. The van der Waals surface area contributed by atoms with Gasteiger partial charge in [0.2, 0.25) is 5.91 Å². The molecule has 0 saturated carbocycles. The van der Waals surface area contributed by atoms with Gasteiger partial charge in [0.15, 0.2) is 5.15 Å². The summed E-state index contributed by atoms with van der Waals surface area (Å²) in [6.45, 7) is 1.70. The van der Waals surface area contributed by atoms with Gasteiger partial charge in [-0.3, -0.25) is 4.79 Å². The van der Waals surface area contributed by atoms with Gasteiger partial charge >= 0.3 is 0 Å². The summed E-state index contributed by atoms with van der Waals surface area (Å²) in [6.07, 6.45) is 0. The number of rotatable bonds is 4. The number of anilines is 2. The molecule has 0 aliphatic carbocycles. The van der Waals surface area contributed by atoms with Gasteiger partial charge in [-0.25, -0.2) is 0 Å². The van der Waals surface area contributed by atoms with E-state index in [1.807, 2.05) is 24.3 Å². The Morgan fingerprint density at radius 3 is 2.80 bits per heavy atom. The van der Waals surface area contributed by atoms with Crippen LogP contribution in [0.4, 0.5) is 10.7 Å². The van der Waals surface area contributed by atoms with Gasteiger partial charge in [-0.05, 0) is 30.6 Å². The van der Waals surface area contributed by atoms with E-state index in [4.69, 9.17) is 16.9 Å². The van der Waals surface area contributed by atoms with E-state index in [1.54, 1.807) is 19.1 Å². The number of nitriles is 1. The lowest BCUT2D eigenvalue weighted by atomic mass is 10.2. The predicted octanol–water partition coefficient (Wildman–Crippen LogP) is 3.11. The first-order valence-electron chi connectivity index (χ1n) is 5.79. The zero-order valence-electron chi connectivity index (χ0n) is 10.6. The second-order valence-corrected chi connectivity index (χ2v) is 5.14. The van der Waals surface area contributed by atoms with Crippen molar-refractivity contribution in [1.29, 1.82) is 5.26 Å². The van der Waals surface area contributed by atoms with Crippen LogP contribution in [0.5, 0.6) is 0 Å². The molecule has 1 aromatic carbocycles. The lowest BCUT2D eigenvalue weighted by Crippen LogP contribution is -2.31. The molecule has 1 aromatic heterocycles. The van der Waals surface area contributed by atoms with Crippen molar-refractivity contribution in [1.82, 2.24) is 4.37 Å². The summed E-state index contributed by atoms with van der Waals surface area (Å²) in [5.74, 6) is -0.204. The van der Waals surface area contributed by atoms with E-state index in [0.29, 0.717) is 10.7 Å². The summed E-state index contributed by atoms with van der Waals surface area (Å²) in [5, 5.41) is 15.3. The molecule has 0 saturated heterocycles. The number of halogens is 1. The number of para-hydroxylation sites is 1. The number of benzene rings is 1. The highest BCUT2D eigenvalue weighted by molar-refractivity contribution is 7.10. The van der Waals surface area contributed by atoms with E-state index in [-0.39, 0.29) is 16.6 Å². The molecule has 0 bridgehead atoms. The summed E-state index contributed by atoms with van der Waals surface area (Å²) in [7, 11) is 0. The lowest BCUT2D eigenvalue weighted by molar-refractivity contribution is -0.116. The minimum atomic E-state index is -0.515. The SMILES string of the molecule is C[C@@H](Nc1snc(Cl)c1C#N)C(=O)Nc1ccccc1. The molecule has 7 heteroatoms. The van der Waals surface area contributed by atoms with Gasteiger partial charge in [0, 0.05) is 5.69 Å². The van der Waals surface area contributed by atoms with Crippen molar-refractivity contribution in [2.45, 2.75) is 13.0 Å². The first kappa shape index (κ1) is 14.3. The molecule has 1 heterocycles. The molecule has 0 fully saturated rings. The highest BCUT2D eigenvalue weighted by atomic mass is 35.5.